The van der Waals surface area contributed by atoms with Crippen LogP contribution in [0.3, 0.4) is 0 Å². The zero-order valence-electron chi connectivity index (χ0n) is 11.5. The predicted octanol–water partition coefficient (Wildman–Crippen LogP) is 1.79. The summed E-state index contributed by atoms with van der Waals surface area (Å²) in [6, 6.07) is 5.78. The fourth-order valence-electron chi connectivity index (χ4n) is 3.30. The highest BCUT2D eigenvalue weighted by Gasteiger charge is 2.33. The Kier molecular flexibility index (Phi) is 3.48. The molecule has 20 heavy (non-hydrogen) atoms. The fourth-order valence-corrected chi connectivity index (χ4v) is 3.30. The van der Waals surface area contributed by atoms with Gasteiger partial charge in [-0.3, -0.25) is 10.1 Å². The van der Waals surface area contributed by atoms with Crippen LogP contribution in [-0.4, -0.2) is 37.7 Å². The van der Waals surface area contributed by atoms with E-state index < -0.39 is 4.92 Å². The molecule has 0 spiro atoms. The minimum absolute atomic E-state index is 0.0219. The average molecular weight is 277 g/mol. The molecule has 2 atom stereocenters. The van der Waals surface area contributed by atoms with E-state index in [4.69, 9.17) is 4.74 Å². The summed E-state index contributed by atoms with van der Waals surface area (Å²) in [4.78, 5) is 12.8. The molecular formula is C14H19N3O3. The van der Waals surface area contributed by atoms with Gasteiger partial charge in [0.05, 0.1) is 12.0 Å². The number of ether oxygens (including phenoxy) is 1. The maximum absolute atomic E-state index is 10.9. The van der Waals surface area contributed by atoms with Crippen molar-refractivity contribution in [3.63, 3.8) is 0 Å². The maximum Gasteiger partial charge on any atom is 0.311 e. The minimum atomic E-state index is -0.407. The Morgan fingerprint density at radius 2 is 2.30 bits per heavy atom. The smallest absolute Gasteiger partial charge is 0.311 e. The molecule has 108 valence electrons. The Balaban J connectivity index is 1.81. The van der Waals surface area contributed by atoms with Gasteiger partial charge in [0.25, 0.3) is 0 Å². The first-order valence-electron chi connectivity index (χ1n) is 7.00. The van der Waals surface area contributed by atoms with E-state index in [1.54, 1.807) is 6.07 Å². The molecule has 2 saturated heterocycles. The van der Waals surface area contributed by atoms with E-state index in [0.29, 0.717) is 17.7 Å². The van der Waals surface area contributed by atoms with E-state index in [2.05, 4.69) is 10.2 Å². The number of fused-ring (bicyclic) bond motifs is 1. The van der Waals surface area contributed by atoms with Crippen LogP contribution >= 0.6 is 0 Å². The van der Waals surface area contributed by atoms with Gasteiger partial charge in [-0.2, -0.15) is 0 Å². The van der Waals surface area contributed by atoms with E-state index in [0.717, 1.165) is 31.7 Å². The third kappa shape index (κ3) is 2.31. The number of methoxy groups -OCH3 is 1. The lowest BCUT2D eigenvalue weighted by molar-refractivity contribution is -0.385. The van der Waals surface area contributed by atoms with E-state index in [1.807, 2.05) is 6.07 Å². The quantitative estimate of drug-likeness (QED) is 0.674. The SMILES string of the molecule is COc1cc(N2CCC3NCCC3C2)ccc1[N+](=O)[O-]. The van der Waals surface area contributed by atoms with Crippen LogP contribution in [0.4, 0.5) is 11.4 Å². The second kappa shape index (κ2) is 5.28. The molecular weight excluding hydrogens is 258 g/mol. The molecule has 1 N–H and O–H groups in total. The van der Waals surface area contributed by atoms with Gasteiger partial charge >= 0.3 is 5.69 Å². The van der Waals surface area contributed by atoms with Crippen LogP contribution in [-0.2, 0) is 0 Å². The lowest BCUT2D eigenvalue weighted by atomic mass is 9.93. The molecule has 0 aromatic heterocycles. The predicted molar refractivity (Wildman–Crippen MR) is 76.4 cm³/mol. The topological polar surface area (TPSA) is 67.6 Å². The summed E-state index contributed by atoms with van der Waals surface area (Å²) in [6.45, 7) is 3.10. The van der Waals surface area contributed by atoms with Gasteiger partial charge in [-0.05, 0) is 31.4 Å². The second-order valence-corrected chi connectivity index (χ2v) is 5.46. The Morgan fingerprint density at radius 1 is 1.45 bits per heavy atom. The van der Waals surface area contributed by atoms with Gasteiger partial charge in [0, 0.05) is 37.0 Å². The summed E-state index contributed by atoms with van der Waals surface area (Å²) in [7, 11) is 1.47. The van der Waals surface area contributed by atoms with Crippen molar-refractivity contribution in [1.82, 2.24) is 5.32 Å². The lowest BCUT2D eigenvalue weighted by Gasteiger charge is -2.36. The van der Waals surface area contributed by atoms with E-state index >= 15 is 0 Å². The number of hydrogen-bond donors (Lipinski definition) is 1. The van der Waals surface area contributed by atoms with Crippen LogP contribution in [0.25, 0.3) is 0 Å². The van der Waals surface area contributed by atoms with Crippen molar-refractivity contribution >= 4 is 11.4 Å². The van der Waals surface area contributed by atoms with Gasteiger partial charge in [0.15, 0.2) is 5.75 Å². The Bertz CT molecular complexity index is 520. The number of rotatable bonds is 3. The molecule has 3 rings (SSSR count). The average Bonchev–Trinajstić information content (AvgIpc) is 2.93. The van der Waals surface area contributed by atoms with Crippen LogP contribution in [0.15, 0.2) is 18.2 Å². The molecule has 0 saturated carbocycles. The van der Waals surface area contributed by atoms with Crippen molar-refractivity contribution in [3.05, 3.63) is 28.3 Å². The molecule has 2 unspecified atom stereocenters. The highest BCUT2D eigenvalue weighted by molar-refractivity contribution is 5.59. The summed E-state index contributed by atoms with van der Waals surface area (Å²) in [5, 5.41) is 14.5. The van der Waals surface area contributed by atoms with Crippen LogP contribution < -0.4 is 15.0 Å². The molecule has 1 aromatic carbocycles. The van der Waals surface area contributed by atoms with Gasteiger partial charge in [0.1, 0.15) is 0 Å². The fraction of sp³-hybridized carbons (Fsp3) is 0.571. The molecule has 2 aliphatic heterocycles. The zero-order valence-corrected chi connectivity index (χ0v) is 11.5. The number of nitro benzene ring substituents is 1. The lowest BCUT2D eigenvalue weighted by Crippen LogP contribution is -2.44. The summed E-state index contributed by atoms with van der Waals surface area (Å²) >= 11 is 0. The molecule has 0 bridgehead atoms. The van der Waals surface area contributed by atoms with E-state index in [1.165, 1.54) is 19.6 Å². The summed E-state index contributed by atoms with van der Waals surface area (Å²) in [5.41, 5.74) is 1.03. The minimum Gasteiger partial charge on any atom is -0.490 e. The second-order valence-electron chi connectivity index (χ2n) is 5.46. The Labute approximate surface area is 117 Å². The molecule has 0 amide bonds. The van der Waals surface area contributed by atoms with Crippen LogP contribution in [0.1, 0.15) is 12.8 Å². The van der Waals surface area contributed by atoms with E-state index in [-0.39, 0.29) is 5.69 Å². The first-order chi connectivity index (χ1) is 9.69. The van der Waals surface area contributed by atoms with Crippen LogP contribution in [0.2, 0.25) is 0 Å². The summed E-state index contributed by atoms with van der Waals surface area (Å²) in [6.07, 6.45) is 2.34. The van der Waals surface area contributed by atoms with E-state index in [9.17, 15) is 10.1 Å². The molecule has 1 aromatic rings. The Hall–Kier alpha value is -1.82. The molecule has 2 fully saturated rings. The van der Waals surface area contributed by atoms with Crippen molar-refractivity contribution in [2.24, 2.45) is 5.92 Å². The number of nitrogens with one attached hydrogen (secondary N) is 1. The van der Waals surface area contributed by atoms with Crippen molar-refractivity contribution in [1.29, 1.82) is 0 Å². The van der Waals surface area contributed by atoms with Gasteiger partial charge < -0.3 is 15.0 Å². The number of anilines is 1. The normalized spacial score (nSPS) is 25.4. The van der Waals surface area contributed by atoms with Crippen molar-refractivity contribution in [2.75, 3.05) is 31.6 Å². The Morgan fingerprint density at radius 3 is 3.05 bits per heavy atom. The number of piperidine rings is 1. The first kappa shape index (κ1) is 13.2. The first-order valence-corrected chi connectivity index (χ1v) is 7.00. The van der Waals surface area contributed by atoms with Gasteiger partial charge in [-0.1, -0.05) is 0 Å². The molecule has 0 aliphatic carbocycles. The number of nitrogens with zero attached hydrogens (tertiary/aromatic N) is 2. The summed E-state index contributed by atoms with van der Waals surface area (Å²) < 4.78 is 5.14. The largest absolute Gasteiger partial charge is 0.490 e. The number of hydrogen-bond acceptors (Lipinski definition) is 5. The molecule has 2 heterocycles. The molecule has 6 nitrogen and oxygen atoms in total. The number of nitro groups is 1. The van der Waals surface area contributed by atoms with Gasteiger partial charge in [0.2, 0.25) is 0 Å². The van der Waals surface area contributed by atoms with Crippen LogP contribution in [0.5, 0.6) is 5.75 Å². The zero-order chi connectivity index (χ0) is 14.1. The van der Waals surface area contributed by atoms with Gasteiger partial charge in [-0.25, -0.2) is 0 Å². The van der Waals surface area contributed by atoms with Gasteiger partial charge in [-0.15, -0.1) is 0 Å². The highest BCUT2D eigenvalue weighted by Crippen LogP contribution is 2.34. The number of benzene rings is 1. The molecule has 6 heteroatoms. The maximum atomic E-state index is 10.9. The highest BCUT2D eigenvalue weighted by atomic mass is 16.6. The third-order valence-corrected chi connectivity index (χ3v) is 4.38. The third-order valence-electron chi connectivity index (χ3n) is 4.38. The van der Waals surface area contributed by atoms with Crippen LogP contribution in [0, 0.1) is 16.0 Å². The molecule has 2 aliphatic rings. The molecule has 0 radical (unpaired) electrons. The van der Waals surface area contributed by atoms with Crippen molar-refractivity contribution in [3.8, 4) is 5.75 Å². The monoisotopic (exact) mass is 277 g/mol. The van der Waals surface area contributed by atoms with Crippen molar-refractivity contribution < 1.29 is 9.66 Å². The summed E-state index contributed by atoms with van der Waals surface area (Å²) in [5.74, 6) is 1.02. The van der Waals surface area contributed by atoms with Crippen molar-refractivity contribution in [2.45, 2.75) is 18.9 Å². The standard InChI is InChI=1S/C14H19N3O3/c1-20-14-8-11(2-3-13(14)17(18)19)16-7-5-12-10(9-16)4-6-15-12/h2-3,8,10,12,15H,4-7,9H2,1H3.